The fourth-order valence-electron chi connectivity index (χ4n) is 4.22. The lowest BCUT2D eigenvalue weighted by Crippen LogP contribution is -2.32. The second kappa shape index (κ2) is 13.0. The summed E-state index contributed by atoms with van der Waals surface area (Å²) in [6.07, 6.45) is 1.63. The lowest BCUT2D eigenvalue weighted by atomic mass is 10.1. The predicted octanol–water partition coefficient (Wildman–Crippen LogP) is 7.83. The second-order valence-corrected chi connectivity index (χ2v) is 11.4. The first-order valence-electron chi connectivity index (χ1n) is 12.6. The highest BCUT2D eigenvalue weighted by Gasteiger charge is 2.35. The molecular formula is C31H23ClINO6S. The van der Waals surface area contributed by atoms with Gasteiger partial charge in [-0.1, -0.05) is 60.1 Å². The summed E-state index contributed by atoms with van der Waals surface area (Å²) in [6, 6.07) is 23.6. The molecule has 5 rings (SSSR count). The normalized spacial score (nSPS) is 14.1. The van der Waals surface area contributed by atoms with Crippen LogP contribution in [0.25, 0.3) is 16.8 Å². The molecule has 1 fully saturated rings. The third-order valence-corrected chi connectivity index (χ3v) is 8.15. The van der Waals surface area contributed by atoms with Crippen LogP contribution in [0.1, 0.15) is 22.8 Å². The Balaban J connectivity index is 1.31. The average molecular weight is 700 g/mol. The lowest BCUT2D eigenvalue weighted by Gasteiger charge is -2.15. The molecule has 10 heteroatoms. The number of carbonyl (C=O) groups is 3. The van der Waals surface area contributed by atoms with Gasteiger partial charge in [0.2, 0.25) is 0 Å². The molecule has 41 heavy (non-hydrogen) atoms. The monoisotopic (exact) mass is 699 g/mol. The van der Waals surface area contributed by atoms with Crippen molar-refractivity contribution in [3.05, 3.63) is 103 Å². The standard InChI is InChI=1S/C31H23ClINO6S/c1-2-38-26-17-19(16-24(33)28(26)40-30(36)22-11-5-6-12-23(22)32)18-27-29(35)34(31(37)41-27)14-15-39-25-13-7-9-20-8-3-4-10-21(20)25/h3-13,16-18H,2,14-15H2,1H3/b27-18-. The van der Waals surface area contributed by atoms with Crippen LogP contribution >= 0.6 is 46.0 Å². The number of halogens is 2. The number of carbonyl (C=O) groups excluding carboxylic acids is 3. The van der Waals surface area contributed by atoms with Crippen LogP contribution in [-0.4, -0.2) is 41.8 Å². The summed E-state index contributed by atoms with van der Waals surface area (Å²) in [7, 11) is 0. The molecule has 0 bridgehead atoms. The van der Waals surface area contributed by atoms with E-state index in [9.17, 15) is 14.4 Å². The van der Waals surface area contributed by atoms with Gasteiger partial charge in [-0.25, -0.2) is 4.79 Å². The van der Waals surface area contributed by atoms with E-state index in [0.29, 0.717) is 27.2 Å². The molecule has 1 saturated heterocycles. The SMILES string of the molecule is CCOc1cc(/C=C2\SC(=O)N(CCOc3cccc4ccccc34)C2=O)cc(I)c1OC(=O)c1ccccc1Cl. The number of hydrogen-bond acceptors (Lipinski definition) is 7. The van der Waals surface area contributed by atoms with Gasteiger partial charge in [0.1, 0.15) is 12.4 Å². The van der Waals surface area contributed by atoms with Crippen molar-refractivity contribution in [3.8, 4) is 17.2 Å². The molecule has 0 spiro atoms. The van der Waals surface area contributed by atoms with Gasteiger partial charge in [0.15, 0.2) is 11.5 Å². The second-order valence-electron chi connectivity index (χ2n) is 8.79. The maximum absolute atomic E-state index is 13.1. The number of imide groups is 1. The highest BCUT2D eigenvalue weighted by atomic mass is 127. The molecule has 4 aromatic carbocycles. The maximum atomic E-state index is 13.1. The quantitative estimate of drug-likeness (QED) is 0.0763. The van der Waals surface area contributed by atoms with E-state index in [2.05, 4.69) is 0 Å². The van der Waals surface area contributed by atoms with E-state index in [4.69, 9.17) is 25.8 Å². The van der Waals surface area contributed by atoms with Gasteiger partial charge in [0, 0.05) is 5.39 Å². The number of rotatable bonds is 9. The Bertz CT molecular complexity index is 1690. The molecule has 4 aromatic rings. The summed E-state index contributed by atoms with van der Waals surface area (Å²) in [5.74, 6) is 0.249. The van der Waals surface area contributed by atoms with Crippen LogP contribution in [0.3, 0.4) is 0 Å². The van der Waals surface area contributed by atoms with E-state index in [1.54, 1.807) is 42.5 Å². The first kappa shape index (κ1) is 29.0. The first-order chi connectivity index (χ1) is 19.9. The van der Waals surface area contributed by atoms with Gasteiger partial charge in [-0.3, -0.25) is 14.5 Å². The molecule has 1 aliphatic heterocycles. The molecule has 1 heterocycles. The van der Waals surface area contributed by atoms with Gasteiger partial charge in [-0.2, -0.15) is 0 Å². The first-order valence-corrected chi connectivity index (χ1v) is 14.9. The molecular weight excluding hydrogens is 677 g/mol. The number of nitrogens with zero attached hydrogens (tertiary/aromatic N) is 1. The van der Waals surface area contributed by atoms with Crippen molar-refractivity contribution in [2.45, 2.75) is 6.92 Å². The Labute approximate surface area is 259 Å². The van der Waals surface area contributed by atoms with Crippen molar-refractivity contribution in [2.75, 3.05) is 19.8 Å². The summed E-state index contributed by atoms with van der Waals surface area (Å²) >= 11 is 9.06. The van der Waals surface area contributed by atoms with Gasteiger partial charge < -0.3 is 14.2 Å². The summed E-state index contributed by atoms with van der Waals surface area (Å²) in [4.78, 5) is 40.0. The number of esters is 1. The summed E-state index contributed by atoms with van der Waals surface area (Å²) in [6.45, 7) is 2.41. The van der Waals surface area contributed by atoms with Crippen molar-refractivity contribution in [3.63, 3.8) is 0 Å². The highest BCUT2D eigenvalue weighted by Crippen LogP contribution is 2.38. The Hall–Kier alpha value is -3.54. The number of amides is 2. The fourth-order valence-corrected chi connectivity index (χ4v) is 6.03. The van der Waals surface area contributed by atoms with Crippen molar-refractivity contribution < 1.29 is 28.6 Å². The Morgan fingerprint density at radius 3 is 2.54 bits per heavy atom. The molecule has 0 aliphatic carbocycles. The third-order valence-electron chi connectivity index (χ3n) is 6.11. The average Bonchev–Trinajstić information content (AvgIpc) is 3.22. The highest BCUT2D eigenvalue weighted by molar-refractivity contribution is 14.1. The van der Waals surface area contributed by atoms with Crippen LogP contribution in [-0.2, 0) is 4.79 Å². The molecule has 0 N–H and O–H groups in total. The van der Waals surface area contributed by atoms with E-state index in [1.807, 2.05) is 72.0 Å². The van der Waals surface area contributed by atoms with Crippen LogP contribution in [0.4, 0.5) is 4.79 Å². The summed E-state index contributed by atoms with van der Waals surface area (Å²) in [5, 5.41) is 1.92. The fraction of sp³-hybridized carbons (Fsp3) is 0.129. The molecule has 0 unspecified atom stereocenters. The van der Waals surface area contributed by atoms with Gasteiger partial charge in [-0.15, -0.1) is 0 Å². The molecule has 0 atom stereocenters. The van der Waals surface area contributed by atoms with Crippen molar-refractivity contribution in [1.82, 2.24) is 4.90 Å². The Morgan fingerprint density at radius 1 is 0.976 bits per heavy atom. The zero-order valence-electron chi connectivity index (χ0n) is 21.8. The molecule has 0 radical (unpaired) electrons. The topological polar surface area (TPSA) is 82.1 Å². The molecule has 2 amide bonds. The third kappa shape index (κ3) is 6.52. The van der Waals surface area contributed by atoms with Crippen LogP contribution < -0.4 is 14.2 Å². The van der Waals surface area contributed by atoms with Crippen LogP contribution in [0.5, 0.6) is 17.2 Å². The maximum Gasteiger partial charge on any atom is 0.345 e. The van der Waals surface area contributed by atoms with Crippen molar-refractivity contribution in [1.29, 1.82) is 0 Å². The van der Waals surface area contributed by atoms with Crippen LogP contribution in [0.15, 0.2) is 83.8 Å². The molecule has 7 nitrogen and oxygen atoms in total. The van der Waals surface area contributed by atoms with Gasteiger partial charge >= 0.3 is 5.97 Å². The van der Waals surface area contributed by atoms with Gasteiger partial charge in [0.05, 0.1) is 32.2 Å². The minimum Gasteiger partial charge on any atom is -0.491 e. The van der Waals surface area contributed by atoms with Gasteiger partial charge in [0.25, 0.3) is 11.1 Å². The minimum atomic E-state index is -0.617. The molecule has 1 aliphatic rings. The van der Waals surface area contributed by atoms with E-state index in [-0.39, 0.29) is 39.6 Å². The predicted molar refractivity (Wildman–Crippen MR) is 169 cm³/mol. The Kier molecular flexibility index (Phi) is 9.16. The van der Waals surface area contributed by atoms with Crippen molar-refractivity contribution in [2.24, 2.45) is 0 Å². The van der Waals surface area contributed by atoms with Crippen LogP contribution in [0.2, 0.25) is 5.02 Å². The largest absolute Gasteiger partial charge is 0.491 e. The molecule has 208 valence electrons. The number of fused-ring (bicyclic) bond motifs is 1. The van der Waals surface area contributed by atoms with Crippen LogP contribution in [0, 0.1) is 3.57 Å². The molecule has 0 saturated carbocycles. The van der Waals surface area contributed by atoms with E-state index in [0.717, 1.165) is 22.5 Å². The zero-order valence-corrected chi connectivity index (χ0v) is 25.5. The van der Waals surface area contributed by atoms with E-state index < -0.39 is 11.9 Å². The number of benzene rings is 4. The lowest BCUT2D eigenvalue weighted by molar-refractivity contribution is -0.123. The molecule has 0 aromatic heterocycles. The minimum absolute atomic E-state index is 0.115. The number of ether oxygens (including phenoxy) is 3. The smallest absolute Gasteiger partial charge is 0.345 e. The number of hydrogen-bond donors (Lipinski definition) is 0. The zero-order chi connectivity index (χ0) is 28.9. The number of thioether (sulfide) groups is 1. The van der Waals surface area contributed by atoms with E-state index in [1.165, 1.54) is 4.90 Å². The van der Waals surface area contributed by atoms with Crippen molar-refractivity contribution >= 4 is 79.9 Å². The Morgan fingerprint density at radius 2 is 1.73 bits per heavy atom. The summed E-state index contributed by atoms with van der Waals surface area (Å²) < 4.78 is 17.9. The summed E-state index contributed by atoms with van der Waals surface area (Å²) in [5.41, 5.74) is 0.850. The van der Waals surface area contributed by atoms with E-state index >= 15 is 0 Å². The van der Waals surface area contributed by atoms with Gasteiger partial charge in [-0.05, 0) is 88.6 Å².